The third kappa shape index (κ3) is 7.49. The summed E-state index contributed by atoms with van der Waals surface area (Å²) in [7, 11) is -2.07. The van der Waals surface area contributed by atoms with Crippen molar-refractivity contribution < 1.29 is 37.8 Å². The smallest absolute Gasteiger partial charge is 0.343 e. The minimum absolute atomic E-state index is 0.148. The normalized spacial score (nSPS) is 12.2. The molecule has 2 aromatic carbocycles. The second-order valence-corrected chi connectivity index (χ2v) is 9.48. The highest BCUT2D eigenvalue weighted by atomic mass is 32.2. The molecule has 0 saturated carbocycles. The maximum Gasteiger partial charge on any atom is 0.343 e. The number of carboxylic acids is 2. The van der Waals surface area contributed by atoms with Crippen molar-refractivity contribution in [2.75, 3.05) is 19.4 Å². The molecule has 13 nitrogen and oxygen atoms in total. The number of carboxylic acid groups (broad SMARTS) is 2. The number of nitrogens with zero attached hydrogens (tertiary/aromatic N) is 2. The van der Waals surface area contributed by atoms with E-state index in [0.29, 0.717) is 15.6 Å². The Hall–Kier alpha value is -4.01. The van der Waals surface area contributed by atoms with E-state index in [9.17, 15) is 27.9 Å². The molecule has 0 spiro atoms. The van der Waals surface area contributed by atoms with Crippen molar-refractivity contribution in [3.63, 3.8) is 0 Å². The fraction of sp³-hybridized carbons (Fsp3) is 0.238. The van der Waals surface area contributed by atoms with Gasteiger partial charge in [-0.2, -0.15) is 17.0 Å². The first-order valence-electron chi connectivity index (χ1n) is 9.97. The third-order valence-corrected chi connectivity index (χ3v) is 6.69. The quantitative estimate of drug-likeness (QED) is 0.125. The van der Waals surface area contributed by atoms with Crippen molar-refractivity contribution in [2.45, 2.75) is 19.0 Å². The number of esters is 1. The van der Waals surface area contributed by atoms with Crippen LogP contribution in [0.15, 0.2) is 48.5 Å². The molecular weight excluding hydrogens is 482 g/mol. The number of aliphatic carboxylic acids is 2. The van der Waals surface area contributed by atoms with E-state index < -0.39 is 40.6 Å². The van der Waals surface area contributed by atoms with Gasteiger partial charge in [0.1, 0.15) is 11.8 Å². The summed E-state index contributed by atoms with van der Waals surface area (Å²) in [4.78, 5) is 34.6. The summed E-state index contributed by atoms with van der Waals surface area (Å²) in [5.41, 5.74) is 6.54. The molecule has 2 rings (SSSR count). The number of rotatable bonds is 11. The molecular formula is C21H25N5O8S. The molecule has 14 heteroatoms. The highest BCUT2D eigenvalue weighted by Crippen LogP contribution is 2.19. The van der Waals surface area contributed by atoms with Crippen LogP contribution in [0.3, 0.4) is 0 Å². The molecule has 0 radical (unpaired) electrons. The molecule has 0 heterocycles. The molecule has 35 heavy (non-hydrogen) atoms. The number of carbonyl (C=O) groups is 3. The maximum absolute atomic E-state index is 12.7. The van der Waals surface area contributed by atoms with Crippen LogP contribution in [-0.4, -0.2) is 71.2 Å². The molecule has 2 aromatic rings. The topological polar surface area (TPSA) is 203 Å². The lowest BCUT2D eigenvalue weighted by Gasteiger charge is -2.28. The summed E-state index contributed by atoms with van der Waals surface area (Å²) in [6, 6.07) is 10.3. The summed E-state index contributed by atoms with van der Waals surface area (Å²) in [6.45, 7) is -0.148. The van der Waals surface area contributed by atoms with Gasteiger partial charge in [0.15, 0.2) is 5.96 Å². The number of hydrogen-bond acceptors (Lipinski definition) is 7. The van der Waals surface area contributed by atoms with Crippen molar-refractivity contribution >= 4 is 39.8 Å². The fourth-order valence-corrected chi connectivity index (χ4v) is 4.17. The Balaban J connectivity index is 2.04. The molecule has 0 fully saturated rings. The number of likely N-dealkylation sites (N-methyl/N-ethyl adjacent to an activating group) is 1. The van der Waals surface area contributed by atoms with Crippen LogP contribution >= 0.6 is 0 Å². The van der Waals surface area contributed by atoms with Gasteiger partial charge in [0.25, 0.3) is 10.2 Å². The third-order valence-electron chi connectivity index (χ3n) is 4.79. The lowest BCUT2D eigenvalue weighted by atomic mass is 10.2. The van der Waals surface area contributed by atoms with E-state index in [-0.39, 0.29) is 23.8 Å². The Morgan fingerprint density at radius 2 is 1.63 bits per heavy atom. The van der Waals surface area contributed by atoms with E-state index in [4.69, 9.17) is 21.0 Å². The van der Waals surface area contributed by atoms with Gasteiger partial charge < -0.3 is 26.0 Å². The van der Waals surface area contributed by atoms with Crippen LogP contribution < -0.4 is 15.8 Å². The zero-order valence-corrected chi connectivity index (χ0v) is 19.7. The molecule has 0 saturated heterocycles. The van der Waals surface area contributed by atoms with Gasteiger partial charge in [0, 0.05) is 26.3 Å². The Bertz CT molecular complexity index is 1200. The van der Waals surface area contributed by atoms with E-state index in [0.717, 1.165) is 11.4 Å². The van der Waals surface area contributed by atoms with Gasteiger partial charge in [-0.1, -0.05) is 12.1 Å². The average Bonchev–Trinajstić information content (AvgIpc) is 2.78. The number of nitrogens with two attached hydrogens (primary N) is 1. The molecule has 0 unspecified atom stereocenters. The Morgan fingerprint density at radius 3 is 2.11 bits per heavy atom. The standard InChI is InChI=1S/C21H25N5O8S/c1-25(35(32,33)26(2)17(19(29)30)11-18(27)28)12-13-3-9-16(10-4-13)34-20(31)14-5-7-15(8-6-14)24-21(22)23/h3-10,17H,11-12H2,1-2H3,(H,27,28)(H,29,30)(H4,22,23,24)/t17-/m0/s1. The molecule has 0 aliphatic rings. The molecule has 1 atom stereocenters. The molecule has 0 aromatic heterocycles. The second-order valence-electron chi connectivity index (χ2n) is 7.38. The van der Waals surface area contributed by atoms with Gasteiger partial charge in [0.2, 0.25) is 0 Å². The Labute approximate surface area is 201 Å². The highest BCUT2D eigenvalue weighted by Gasteiger charge is 2.35. The summed E-state index contributed by atoms with van der Waals surface area (Å²) in [5.74, 6) is -3.70. The zero-order valence-electron chi connectivity index (χ0n) is 18.8. The van der Waals surface area contributed by atoms with Gasteiger partial charge in [0.05, 0.1) is 12.0 Å². The second kappa shape index (κ2) is 11.4. The highest BCUT2D eigenvalue weighted by molar-refractivity contribution is 7.86. The minimum Gasteiger partial charge on any atom is -0.481 e. The van der Waals surface area contributed by atoms with Crippen LogP contribution in [-0.2, 0) is 26.3 Å². The van der Waals surface area contributed by atoms with E-state index in [1.54, 1.807) is 12.1 Å². The molecule has 0 aliphatic carbocycles. The largest absolute Gasteiger partial charge is 0.481 e. The van der Waals surface area contributed by atoms with Gasteiger partial charge >= 0.3 is 17.9 Å². The lowest BCUT2D eigenvalue weighted by molar-refractivity contribution is -0.147. The first kappa shape index (κ1) is 27.2. The van der Waals surface area contributed by atoms with Crippen LogP contribution in [0.4, 0.5) is 5.69 Å². The predicted molar refractivity (Wildman–Crippen MR) is 125 cm³/mol. The van der Waals surface area contributed by atoms with E-state index in [1.165, 1.54) is 43.4 Å². The van der Waals surface area contributed by atoms with Crippen molar-refractivity contribution in [1.29, 1.82) is 5.41 Å². The summed E-state index contributed by atoms with van der Waals surface area (Å²) >= 11 is 0. The average molecular weight is 508 g/mol. The summed E-state index contributed by atoms with van der Waals surface area (Å²) < 4.78 is 32.1. The zero-order chi connectivity index (χ0) is 26.3. The number of benzene rings is 2. The first-order valence-corrected chi connectivity index (χ1v) is 11.4. The van der Waals surface area contributed by atoms with Gasteiger partial charge in [-0.05, 0) is 42.0 Å². The lowest BCUT2D eigenvalue weighted by Crippen LogP contribution is -2.48. The molecule has 188 valence electrons. The van der Waals surface area contributed by atoms with Crippen LogP contribution in [0.25, 0.3) is 0 Å². The van der Waals surface area contributed by atoms with Gasteiger partial charge in [-0.25, -0.2) is 4.79 Å². The number of anilines is 1. The first-order chi connectivity index (χ1) is 16.3. The van der Waals surface area contributed by atoms with Gasteiger partial charge in [-0.15, -0.1) is 0 Å². The van der Waals surface area contributed by atoms with Crippen LogP contribution in [0, 0.1) is 5.41 Å². The fourth-order valence-electron chi connectivity index (χ4n) is 2.93. The molecule has 0 amide bonds. The van der Waals surface area contributed by atoms with Gasteiger partial charge in [-0.3, -0.25) is 15.0 Å². The number of nitrogens with one attached hydrogen (secondary N) is 2. The van der Waals surface area contributed by atoms with E-state index in [2.05, 4.69) is 5.32 Å². The SMILES string of the molecule is CN(Cc1ccc(OC(=O)c2ccc(NC(=N)N)cc2)cc1)S(=O)(=O)N(C)[C@@H](CC(=O)O)C(=O)O. The summed E-state index contributed by atoms with van der Waals surface area (Å²) in [6.07, 6.45) is -0.894. The van der Waals surface area contributed by atoms with E-state index >= 15 is 0 Å². The van der Waals surface area contributed by atoms with Crippen LogP contribution in [0.5, 0.6) is 5.75 Å². The van der Waals surface area contributed by atoms with Crippen molar-refractivity contribution in [3.8, 4) is 5.75 Å². The number of carbonyl (C=O) groups excluding carboxylic acids is 1. The Morgan fingerprint density at radius 1 is 1.06 bits per heavy atom. The van der Waals surface area contributed by atoms with Crippen molar-refractivity contribution in [2.24, 2.45) is 5.73 Å². The van der Waals surface area contributed by atoms with Crippen LogP contribution in [0.1, 0.15) is 22.3 Å². The summed E-state index contributed by atoms with van der Waals surface area (Å²) in [5, 5.41) is 27.9. The number of ether oxygens (including phenoxy) is 1. The molecule has 6 N–H and O–H groups in total. The molecule has 0 aliphatic heterocycles. The monoisotopic (exact) mass is 507 g/mol. The van der Waals surface area contributed by atoms with Crippen LogP contribution in [0.2, 0.25) is 0 Å². The molecule has 0 bridgehead atoms. The number of hydrogen-bond donors (Lipinski definition) is 5. The van der Waals surface area contributed by atoms with Crippen molar-refractivity contribution in [1.82, 2.24) is 8.61 Å². The minimum atomic E-state index is -4.29. The Kier molecular flexibility index (Phi) is 8.88. The number of guanidine groups is 1. The van der Waals surface area contributed by atoms with Crippen molar-refractivity contribution in [3.05, 3.63) is 59.7 Å². The van der Waals surface area contributed by atoms with E-state index in [1.807, 2.05) is 0 Å². The predicted octanol–water partition coefficient (Wildman–Crippen LogP) is 0.747. The maximum atomic E-state index is 12.7.